The van der Waals surface area contributed by atoms with Gasteiger partial charge in [0, 0.05) is 38.3 Å². The van der Waals surface area contributed by atoms with E-state index in [1.165, 1.54) is 12.1 Å². The number of carbonyl (C=O) groups is 2. The van der Waals surface area contributed by atoms with Crippen LogP contribution in [-0.2, 0) is 9.53 Å². The summed E-state index contributed by atoms with van der Waals surface area (Å²) in [5.41, 5.74) is 1.62. The molecule has 10 heteroatoms. The van der Waals surface area contributed by atoms with Crippen LogP contribution in [-0.4, -0.2) is 76.5 Å². The molecule has 3 amide bonds. The number of carbonyl (C=O) groups excluding carboxylic acids is 2. The van der Waals surface area contributed by atoms with Gasteiger partial charge in [-0.1, -0.05) is 11.6 Å². The molecular weight excluding hydrogens is 437 g/mol. The number of rotatable bonds is 2. The molecule has 4 aliphatic rings. The van der Waals surface area contributed by atoms with Gasteiger partial charge in [0.25, 0.3) is 0 Å². The Morgan fingerprint density at radius 2 is 2.00 bits per heavy atom. The molecule has 1 aromatic heterocycles. The Balaban J connectivity index is 1.08. The smallest absolute Gasteiger partial charge is 0.320 e. The molecule has 0 bridgehead atoms. The number of nitrogens with one attached hydrogen (secondary N) is 1. The first-order chi connectivity index (χ1) is 15.5. The molecule has 3 saturated heterocycles. The fraction of sp³-hybridized carbons (Fsp3) is 0.500. The second-order valence-corrected chi connectivity index (χ2v) is 9.49. The van der Waals surface area contributed by atoms with Crippen LogP contribution in [0, 0.1) is 17.7 Å². The number of urea groups is 1. The number of amides is 3. The van der Waals surface area contributed by atoms with Gasteiger partial charge in [-0.2, -0.15) is 5.10 Å². The molecule has 5 atom stereocenters. The molecule has 32 heavy (non-hydrogen) atoms. The van der Waals surface area contributed by atoms with Gasteiger partial charge in [0.15, 0.2) is 0 Å². The fourth-order valence-electron chi connectivity index (χ4n) is 5.51. The molecule has 8 nitrogen and oxygen atoms in total. The number of fused-ring (bicyclic) bond motifs is 2. The average molecular weight is 460 g/mol. The van der Waals surface area contributed by atoms with Crippen molar-refractivity contribution < 1.29 is 18.7 Å². The van der Waals surface area contributed by atoms with E-state index in [1.54, 1.807) is 10.7 Å². The number of morpholine rings is 1. The molecule has 1 saturated carbocycles. The molecule has 1 unspecified atom stereocenters. The zero-order valence-electron chi connectivity index (χ0n) is 17.3. The third kappa shape index (κ3) is 3.34. The summed E-state index contributed by atoms with van der Waals surface area (Å²) in [6.07, 6.45) is 2.58. The Bertz CT molecular complexity index is 1080. The molecule has 0 radical (unpaired) electrons. The van der Waals surface area contributed by atoms with E-state index >= 15 is 0 Å². The Kier molecular flexibility index (Phi) is 4.65. The standard InChI is InChI=1S/C22H23ClFN5O3/c23-15-7-12(24)1-2-18(15)29-6-3-16(26-29)21-13-8-28(9-14(13)21)22(31)27-5-4-19-17(10-27)25-20(30)11-32-19/h1-3,6-7,13-14,17,19,21H,4-5,8-11H2,(H,25,30)/t13-,14+,17-,19+,21?/m1/s1. The zero-order chi connectivity index (χ0) is 22.0. The molecule has 0 spiro atoms. The van der Waals surface area contributed by atoms with Crippen molar-refractivity contribution in [3.8, 4) is 5.69 Å². The summed E-state index contributed by atoms with van der Waals surface area (Å²) in [5, 5.41) is 7.93. The van der Waals surface area contributed by atoms with E-state index in [9.17, 15) is 14.0 Å². The Morgan fingerprint density at radius 3 is 2.78 bits per heavy atom. The highest BCUT2D eigenvalue weighted by Crippen LogP contribution is 2.57. The Labute approximate surface area is 189 Å². The third-order valence-corrected chi connectivity index (χ3v) is 7.47. The number of likely N-dealkylation sites (tertiary alicyclic amines) is 2. The molecule has 4 heterocycles. The van der Waals surface area contributed by atoms with Gasteiger partial charge in [-0.15, -0.1) is 0 Å². The number of halogens is 2. The van der Waals surface area contributed by atoms with Crippen LogP contribution in [0.4, 0.5) is 9.18 Å². The first kappa shape index (κ1) is 20.0. The summed E-state index contributed by atoms with van der Waals surface area (Å²) in [6, 6.07) is 6.16. The number of aromatic nitrogens is 2. The van der Waals surface area contributed by atoms with E-state index in [4.69, 9.17) is 16.3 Å². The first-order valence-corrected chi connectivity index (χ1v) is 11.3. The van der Waals surface area contributed by atoms with Crippen molar-refractivity contribution in [3.63, 3.8) is 0 Å². The topological polar surface area (TPSA) is 79.7 Å². The highest BCUT2D eigenvalue weighted by Gasteiger charge is 2.58. The molecule has 3 aliphatic heterocycles. The van der Waals surface area contributed by atoms with Crippen LogP contribution < -0.4 is 5.32 Å². The molecular formula is C22H23ClFN5O3. The van der Waals surface area contributed by atoms with Crippen LogP contribution >= 0.6 is 11.6 Å². The van der Waals surface area contributed by atoms with Gasteiger partial charge in [-0.05, 0) is 42.5 Å². The lowest BCUT2D eigenvalue weighted by Gasteiger charge is -2.42. The zero-order valence-corrected chi connectivity index (χ0v) is 18.0. The van der Waals surface area contributed by atoms with Crippen LogP contribution in [0.3, 0.4) is 0 Å². The lowest BCUT2D eigenvalue weighted by Crippen LogP contribution is -2.62. The van der Waals surface area contributed by atoms with Crippen molar-refractivity contribution in [2.24, 2.45) is 11.8 Å². The lowest BCUT2D eigenvalue weighted by molar-refractivity contribution is -0.139. The second-order valence-electron chi connectivity index (χ2n) is 9.08. The van der Waals surface area contributed by atoms with Crippen molar-refractivity contribution in [2.75, 3.05) is 32.8 Å². The maximum atomic E-state index is 13.3. The summed E-state index contributed by atoms with van der Waals surface area (Å²) in [7, 11) is 0. The number of nitrogens with zero attached hydrogens (tertiary/aromatic N) is 4. The highest BCUT2D eigenvalue weighted by molar-refractivity contribution is 6.32. The van der Waals surface area contributed by atoms with Gasteiger partial charge in [-0.3, -0.25) is 4.79 Å². The van der Waals surface area contributed by atoms with Crippen LogP contribution in [0.1, 0.15) is 18.0 Å². The predicted molar refractivity (Wildman–Crippen MR) is 113 cm³/mol. The SMILES string of the molecule is O=C1CO[C@H]2CCN(C(=O)N3C[C@@H]4C(c5ccn(-c6ccc(F)cc6Cl)n5)[C@@H]4C3)C[C@H]2N1. The molecule has 2 aromatic rings. The van der Waals surface area contributed by atoms with E-state index in [2.05, 4.69) is 10.4 Å². The fourth-order valence-corrected chi connectivity index (χ4v) is 5.77. The first-order valence-electron chi connectivity index (χ1n) is 10.9. The Hall–Kier alpha value is -2.65. The number of piperidine rings is 2. The van der Waals surface area contributed by atoms with E-state index in [-0.39, 0.29) is 36.5 Å². The van der Waals surface area contributed by atoms with Crippen molar-refractivity contribution in [1.82, 2.24) is 24.9 Å². The largest absolute Gasteiger partial charge is 0.366 e. The van der Waals surface area contributed by atoms with Crippen molar-refractivity contribution in [3.05, 3.63) is 47.0 Å². The molecule has 4 fully saturated rings. The van der Waals surface area contributed by atoms with E-state index in [0.29, 0.717) is 54.6 Å². The third-order valence-electron chi connectivity index (χ3n) is 7.17. The van der Waals surface area contributed by atoms with Gasteiger partial charge in [0.05, 0.1) is 28.5 Å². The van der Waals surface area contributed by atoms with Crippen LogP contribution in [0.2, 0.25) is 5.02 Å². The van der Waals surface area contributed by atoms with Gasteiger partial charge < -0.3 is 19.9 Å². The highest BCUT2D eigenvalue weighted by atomic mass is 35.5. The minimum absolute atomic E-state index is 0.00201. The van der Waals surface area contributed by atoms with E-state index in [0.717, 1.165) is 12.1 Å². The van der Waals surface area contributed by atoms with Crippen LogP contribution in [0.25, 0.3) is 5.69 Å². The number of hydrogen-bond acceptors (Lipinski definition) is 4. The normalized spacial score (nSPS) is 31.2. The molecule has 1 aliphatic carbocycles. The number of hydrogen-bond donors (Lipinski definition) is 1. The molecule has 1 aromatic carbocycles. The monoisotopic (exact) mass is 459 g/mol. The minimum atomic E-state index is -0.379. The molecule has 6 rings (SSSR count). The van der Waals surface area contributed by atoms with Crippen molar-refractivity contribution in [2.45, 2.75) is 24.5 Å². The lowest BCUT2D eigenvalue weighted by atomic mass is 10.0. The minimum Gasteiger partial charge on any atom is -0.366 e. The summed E-state index contributed by atoms with van der Waals surface area (Å²) in [4.78, 5) is 28.4. The average Bonchev–Trinajstić information content (AvgIpc) is 3.12. The van der Waals surface area contributed by atoms with Crippen molar-refractivity contribution >= 4 is 23.5 Å². The summed E-state index contributed by atoms with van der Waals surface area (Å²) < 4.78 is 20.6. The van der Waals surface area contributed by atoms with Crippen LogP contribution in [0.5, 0.6) is 0 Å². The van der Waals surface area contributed by atoms with Crippen molar-refractivity contribution in [1.29, 1.82) is 0 Å². The second kappa shape index (κ2) is 7.45. The number of benzene rings is 1. The van der Waals surface area contributed by atoms with Gasteiger partial charge in [-0.25, -0.2) is 13.9 Å². The van der Waals surface area contributed by atoms with Crippen LogP contribution in [0.15, 0.2) is 30.5 Å². The predicted octanol–water partition coefficient (Wildman–Crippen LogP) is 2.02. The van der Waals surface area contributed by atoms with Gasteiger partial charge in [0.2, 0.25) is 5.91 Å². The maximum absolute atomic E-state index is 13.3. The summed E-state index contributed by atoms with van der Waals surface area (Å²) in [6.45, 7) is 2.67. The number of ether oxygens (including phenoxy) is 1. The van der Waals surface area contributed by atoms with E-state index in [1.807, 2.05) is 22.1 Å². The maximum Gasteiger partial charge on any atom is 0.320 e. The van der Waals surface area contributed by atoms with Gasteiger partial charge in [0.1, 0.15) is 12.4 Å². The molecule has 168 valence electrons. The quantitative estimate of drug-likeness (QED) is 0.745. The molecule has 1 N–H and O–H groups in total. The Morgan fingerprint density at radius 1 is 1.19 bits per heavy atom. The van der Waals surface area contributed by atoms with Gasteiger partial charge >= 0.3 is 6.03 Å². The summed E-state index contributed by atoms with van der Waals surface area (Å²) in [5.74, 6) is 0.640. The summed E-state index contributed by atoms with van der Waals surface area (Å²) >= 11 is 6.16. The van der Waals surface area contributed by atoms with E-state index < -0.39 is 0 Å².